The summed E-state index contributed by atoms with van der Waals surface area (Å²) >= 11 is 0. The summed E-state index contributed by atoms with van der Waals surface area (Å²) in [6.45, 7) is 4.54. The van der Waals surface area contributed by atoms with Gasteiger partial charge in [0.05, 0.1) is 6.61 Å². The van der Waals surface area contributed by atoms with Crippen molar-refractivity contribution in [2.24, 2.45) is 0 Å². The summed E-state index contributed by atoms with van der Waals surface area (Å²) in [5, 5.41) is 11.5. The number of carboxylic acids is 1. The van der Waals surface area contributed by atoms with Crippen molar-refractivity contribution in [1.29, 1.82) is 0 Å². The van der Waals surface area contributed by atoms with Crippen molar-refractivity contribution in [3.8, 4) is 5.75 Å². The van der Waals surface area contributed by atoms with Gasteiger partial charge in [-0.1, -0.05) is 17.7 Å². The number of nitrogen functional groups attached to an aromatic ring is 1. The molecule has 2 heterocycles. The Kier molecular flexibility index (Phi) is 7.32. The molecule has 1 aliphatic heterocycles. The fraction of sp³-hybridized carbons (Fsp3) is 0.421. The lowest BCUT2D eigenvalue weighted by molar-refractivity contribution is -0.138. The minimum atomic E-state index is -4.12. The van der Waals surface area contributed by atoms with E-state index in [9.17, 15) is 14.2 Å². The normalized spacial score (nSPS) is 21.1. The highest BCUT2D eigenvalue weighted by Gasteiger charge is 2.35. The van der Waals surface area contributed by atoms with Crippen LogP contribution in [0.2, 0.25) is 0 Å². The van der Waals surface area contributed by atoms with Gasteiger partial charge in [-0.05, 0) is 32.9 Å². The number of benzene rings is 1. The highest BCUT2D eigenvalue weighted by atomic mass is 31.2. The topological polar surface area (TPSA) is 164 Å². The van der Waals surface area contributed by atoms with Crippen molar-refractivity contribution in [2.75, 3.05) is 18.9 Å². The SMILES string of the molecule is Cc1ccc(O[P@@](=O)(N[C@@H](C)C(=O)O)OC[C@H]2OC[C@@H](n3cc(C)c(N)nc3=O)O2)cc1. The van der Waals surface area contributed by atoms with Crippen LogP contribution >= 0.6 is 7.75 Å². The molecule has 0 saturated carbocycles. The number of ether oxygens (including phenoxy) is 2. The predicted molar refractivity (Wildman–Crippen MR) is 113 cm³/mol. The Balaban J connectivity index is 1.68. The maximum absolute atomic E-state index is 13.2. The molecule has 2 aromatic rings. The molecule has 1 saturated heterocycles. The van der Waals surface area contributed by atoms with E-state index in [4.69, 9.17) is 29.4 Å². The highest BCUT2D eigenvalue weighted by molar-refractivity contribution is 7.52. The van der Waals surface area contributed by atoms with Gasteiger partial charge in [-0.25, -0.2) is 9.36 Å². The largest absolute Gasteiger partial charge is 0.480 e. The van der Waals surface area contributed by atoms with Gasteiger partial charge >= 0.3 is 19.4 Å². The van der Waals surface area contributed by atoms with E-state index in [-0.39, 0.29) is 24.8 Å². The summed E-state index contributed by atoms with van der Waals surface area (Å²) in [6, 6.07) is 5.44. The Bertz CT molecular complexity index is 1070. The van der Waals surface area contributed by atoms with Crippen molar-refractivity contribution in [3.05, 3.63) is 52.1 Å². The molecule has 32 heavy (non-hydrogen) atoms. The minimum Gasteiger partial charge on any atom is -0.480 e. The van der Waals surface area contributed by atoms with Crippen LogP contribution in [0.15, 0.2) is 35.3 Å². The highest BCUT2D eigenvalue weighted by Crippen LogP contribution is 2.45. The first kappa shape index (κ1) is 23.9. The molecule has 13 heteroatoms. The first-order valence-electron chi connectivity index (χ1n) is 9.70. The summed E-state index contributed by atoms with van der Waals surface area (Å²) in [6.07, 6.45) is -0.267. The lowest BCUT2D eigenvalue weighted by Crippen LogP contribution is -2.34. The molecule has 0 radical (unpaired) electrons. The molecule has 0 amide bonds. The van der Waals surface area contributed by atoms with Crippen LogP contribution in [0, 0.1) is 13.8 Å². The number of aryl methyl sites for hydroxylation is 2. The molecule has 0 unspecified atom stereocenters. The second kappa shape index (κ2) is 9.80. The van der Waals surface area contributed by atoms with Crippen molar-refractivity contribution >= 4 is 19.5 Å². The van der Waals surface area contributed by atoms with Crippen LogP contribution in [-0.4, -0.2) is 46.2 Å². The molecule has 3 rings (SSSR count). The van der Waals surface area contributed by atoms with Crippen molar-refractivity contribution in [1.82, 2.24) is 14.6 Å². The summed E-state index contributed by atoms with van der Waals surface area (Å²) in [5.74, 6) is -0.886. The van der Waals surface area contributed by atoms with Gasteiger partial charge in [-0.2, -0.15) is 10.1 Å². The molecule has 1 aromatic heterocycles. The zero-order valence-electron chi connectivity index (χ0n) is 17.8. The van der Waals surface area contributed by atoms with Crippen LogP contribution in [0.25, 0.3) is 0 Å². The number of hydrogen-bond acceptors (Lipinski definition) is 9. The van der Waals surface area contributed by atoms with Gasteiger partial charge in [-0.3, -0.25) is 13.9 Å². The van der Waals surface area contributed by atoms with Crippen LogP contribution < -0.4 is 21.0 Å². The van der Waals surface area contributed by atoms with Crippen LogP contribution in [0.3, 0.4) is 0 Å². The Morgan fingerprint density at radius 1 is 1.41 bits per heavy atom. The molecule has 1 fully saturated rings. The third kappa shape index (κ3) is 5.93. The number of hydrogen-bond donors (Lipinski definition) is 3. The van der Waals surface area contributed by atoms with Crippen LogP contribution in [0.4, 0.5) is 5.82 Å². The molecule has 4 N–H and O–H groups in total. The number of anilines is 1. The third-order valence-corrected chi connectivity index (χ3v) is 6.21. The van der Waals surface area contributed by atoms with Gasteiger partial charge < -0.3 is 24.8 Å². The molecule has 0 aliphatic carbocycles. The number of nitrogens with one attached hydrogen (secondary N) is 1. The van der Waals surface area contributed by atoms with E-state index < -0.39 is 38.0 Å². The maximum Gasteiger partial charge on any atom is 0.459 e. The van der Waals surface area contributed by atoms with Gasteiger partial charge in [0.15, 0.2) is 12.5 Å². The van der Waals surface area contributed by atoms with E-state index >= 15 is 0 Å². The lowest BCUT2D eigenvalue weighted by Gasteiger charge is -2.23. The smallest absolute Gasteiger partial charge is 0.459 e. The quantitative estimate of drug-likeness (QED) is 0.458. The Labute approximate surface area is 183 Å². The number of rotatable bonds is 9. The van der Waals surface area contributed by atoms with Gasteiger partial charge in [0, 0.05) is 11.8 Å². The van der Waals surface area contributed by atoms with E-state index in [2.05, 4.69) is 10.1 Å². The van der Waals surface area contributed by atoms with Gasteiger partial charge in [0.1, 0.15) is 24.2 Å². The van der Waals surface area contributed by atoms with E-state index in [1.165, 1.54) is 17.7 Å². The Morgan fingerprint density at radius 3 is 2.75 bits per heavy atom. The van der Waals surface area contributed by atoms with Crippen molar-refractivity contribution in [3.63, 3.8) is 0 Å². The number of carboxylic acid groups (broad SMARTS) is 1. The Morgan fingerprint density at radius 2 is 2.09 bits per heavy atom. The predicted octanol–water partition coefficient (Wildman–Crippen LogP) is 1.58. The number of aromatic nitrogens is 2. The molecule has 174 valence electrons. The van der Waals surface area contributed by atoms with Crippen LogP contribution in [0.5, 0.6) is 5.75 Å². The standard InChI is InChI=1S/C19H25N4O8P/c1-11-4-6-14(7-5-11)31-32(27,22-13(3)18(24)25)29-10-16-28-9-15(30-16)23-8-12(2)17(20)21-19(23)26/h4-8,13,15-16H,9-10H2,1-3H3,(H,22,27)(H,24,25)(H2,20,21,26)/t13-,15-,16-,32+/m0/s1. The molecular formula is C19H25N4O8P. The van der Waals surface area contributed by atoms with Gasteiger partial charge in [0.25, 0.3) is 0 Å². The zero-order valence-corrected chi connectivity index (χ0v) is 18.7. The molecule has 4 atom stereocenters. The van der Waals surface area contributed by atoms with Crippen LogP contribution in [-0.2, 0) is 23.4 Å². The summed E-state index contributed by atoms with van der Waals surface area (Å²) < 4.78 is 36.5. The lowest BCUT2D eigenvalue weighted by atomic mass is 10.2. The van der Waals surface area contributed by atoms with Crippen molar-refractivity contribution in [2.45, 2.75) is 39.3 Å². The van der Waals surface area contributed by atoms with E-state index in [0.29, 0.717) is 5.56 Å². The van der Waals surface area contributed by atoms with Gasteiger partial charge in [0.2, 0.25) is 0 Å². The monoisotopic (exact) mass is 468 g/mol. The fourth-order valence-electron chi connectivity index (χ4n) is 2.74. The zero-order chi connectivity index (χ0) is 23.5. The molecule has 1 aromatic carbocycles. The molecule has 12 nitrogen and oxygen atoms in total. The fourth-order valence-corrected chi connectivity index (χ4v) is 4.22. The van der Waals surface area contributed by atoms with E-state index in [1.54, 1.807) is 31.2 Å². The first-order chi connectivity index (χ1) is 15.1. The van der Waals surface area contributed by atoms with Crippen molar-refractivity contribution < 1.29 is 33.0 Å². The van der Waals surface area contributed by atoms with E-state index in [1.807, 2.05) is 6.92 Å². The number of aliphatic carboxylic acids is 1. The number of carbonyl (C=O) groups is 1. The van der Waals surface area contributed by atoms with E-state index in [0.717, 1.165) is 5.56 Å². The minimum absolute atomic E-state index is 0.0149. The molecular weight excluding hydrogens is 443 g/mol. The summed E-state index contributed by atoms with van der Waals surface area (Å²) in [7, 11) is -4.12. The van der Waals surface area contributed by atoms with Gasteiger partial charge in [-0.15, -0.1) is 0 Å². The number of nitrogens with zero attached hydrogens (tertiary/aromatic N) is 2. The average molecular weight is 468 g/mol. The Hall–Kier alpha value is -2.76. The second-order valence-electron chi connectivity index (χ2n) is 7.24. The number of nitrogens with two attached hydrogens (primary N) is 1. The molecule has 1 aliphatic rings. The third-order valence-electron chi connectivity index (χ3n) is 4.57. The average Bonchev–Trinajstić information content (AvgIpc) is 3.20. The summed E-state index contributed by atoms with van der Waals surface area (Å²) in [4.78, 5) is 27.0. The molecule has 0 spiro atoms. The maximum atomic E-state index is 13.2. The summed E-state index contributed by atoms with van der Waals surface area (Å²) in [5.41, 5.74) is 6.58. The molecule has 0 bridgehead atoms. The first-order valence-corrected chi connectivity index (χ1v) is 11.2. The second-order valence-corrected chi connectivity index (χ2v) is 8.93. The van der Waals surface area contributed by atoms with Crippen LogP contribution in [0.1, 0.15) is 24.3 Å².